The summed E-state index contributed by atoms with van der Waals surface area (Å²) in [7, 11) is 0. The van der Waals surface area contributed by atoms with Crippen LogP contribution in [0.3, 0.4) is 0 Å². The molecule has 1 aromatic heterocycles. The third-order valence-electron chi connectivity index (χ3n) is 3.78. The topological polar surface area (TPSA) is 51.2 Å². The quantitative estimate of drug-likeness (QED) is 0.556. The average Bonchev–Trinajstić information content (AvgIpc) is 2.56. The largest absolute Gasteiger partial charge is 0.444 e. The molecule has 4 nitrogen and oxygen atoms in total. The Hall–Kier alpha value is -2.09. The van der Waals surface area contributed by atoms with Gasteiger partial charge in [0.25, 0.3) is 0 Å². The van der Waals surface area contributed by atoms with Crippen LogP contribution in [-0.4, -0.2) is 29.4 Å². The number of hydrogen-bond donors (Lipinski definition) is 1. The molecule has 2 aromatic rings. The molecule has 28 heavy (non-hydrogen) atoms. The Morgan fingerprint density at radius 1 is 1.25 bits per heavy atom. The number of nitrogens with zero attached hydrogens (tertiary/aromatic N) is 1. The van der Waals surface area contributed by atoms with Gasteiger partial charge in [-0.3, -0.25) is 4.98 Å². The normalized spacial score (nSPS) is 12.1. The van der Waals surface area contributed by atoms with Gasteiger partial charge in [-0.2, -0.15) is 13.2 Å². The van der Waals surface area contributed by atoms with Crippen LogP contribution in [0.1, 0.15) is 38.6 Å². The molecule has 0 bridgehead atoms. The first-order valence-electron chi connectivity index (χ1n) is 8.70. The van der Waals surface area contributed by atoms with E-state index >= 15 is 0 Å². The van der Waals surface area contributed by atoms with E-state index in [1.54, 1.807) is 45.0 Å². The minimum atomic E-state index is -4.57. The first kappa shape index (κ1) is 22.2. The van der Waals surface area contributed by atoms with Crippen LogP contribution in [0, 0.1) is 0 Å². The molecule has 1 aromatic carbocycles. The van der Waals surface area contributed by atoms with Gasteiger partial charge in [-0.25, -0.2) is 4.79 Å². The lowest BCUT2D eigenvalue weighted by molar-refractivity contribution is -0.0688. The Morgan fingerprint density at radius 3 is 2.54 bits per heavy atom. The van der Waals surface area contributed by atoms with E-state index in [1.807, 2.05) is 0 Å². The van der Waals surface area contributed by atoms with Crippen molar-refractivity contribution in [1.29, 1.82) is 0 Å². The predicted octanol–water partition coefficient (Wildman–Crippen LogP) is 6.03. The van der Waals surface area contributed by atoms with Crippen molar-refractivity contribution < 1.29 is 22.7 Å². The lowest BCUT2D eigenvalue weighted by Crippen LogP contribution is -2.33. The number of halogens is 4. The third-order valence-corrected chi connectivity index (χ3v) is 4.47. The molecule has 0 saturated heterocycles. The monoisotopic (exact) mass is 458 g/mol. The summed E-state index contributed by atoms with van der Waals surface area (Å²) in [4.78, 5) is 15.9. The van der Waals surface area contributed by atoms with E-state index in [1.165, 1.54) is 0 Å². The van der Waals surface area contributed by atoms with Crippen molar-refractivity contribution in [2.24, 2.45) is 0 Å². The first-order chi connectivity index (χ1) is 12.9. The van der Waals surface area contributed by atoms with Crippen LogP contribution >= 0.6 is 15.9 Å². The number of aryl methyl sites for hydroxylation is 1. The van der Waals surface area contributed by atoms with Crippen molar-refractivity contribution in [1.82, 2.24) is 10.3 Å². The number of pyridine rings is 1. The molecular weight excluding hydrogens is 437 g/mol. The van der Waals surface area contributed by atoms with E-state index in [2.05, 4.69) is 32.8 Å². The molecule has 0 unspecified atom stereocenters. The van der Waals surface area contributed by atoms with Crippen LogP contribution < -0.4 is 5.32 Å². The van der Waals surface area contributed by atoms with E-state index in [4.69, 9.17) is 4.74 Å². The maximum Gasteiger partial charge on any atom is 0.417 e. The lowest BCUT2D eigenvalue weighted by atomic mass is 10.0. The Kier molecular flexibility index (Phi) is 6.75. The highest BCUT2D eigenvalue weighted by Crippen LogP contribution is 2.36. The zero-order valence-corrected chi connectivity index (χ0v) is 17.5. The second kappa shape index (κ2) is 8.51. The maximum absolute atomic E-state index is 13.2. The number of nitrogens with one attached hydrogen (secondary N) is 1. The van der Waals surface area contributed by atoms with Crippen molar-refractivity contribution in [2.45, 2.75) is 45.4 Å². The van der Waals surface area contributed by atoms with Crippen molar-refractivity contribution in [3.05, 3.63) is 46.7 Å². The first-order valence-corrected chi connectivity index (χ1v) is 9.49. The molecule has 1 N–H and O–H groups in total. The number of alkyl halides is 3. The van der Waals surface area contributed by atoms with Gasteiger partial charge in [0.1, 0.15) is 5.60 Å². The number of allylic oxidation sites excluding steroid dienone is 1. The fourth-order valence-corrected chi connectivity index (χ4v) is 3.04. The molecule has 1 heterocycles. The smallest absolute Gasteiger partial charge is 0.417 e. The summed E-state index contributed by atoms with van der Waals surface area (Å²) in [6, 6.07) is 6.76. The summed E-state index contributed by atoms with van der Waals surface area (Å²) in [6.07, 6.45) is -4.21. The highest BCUT2D eigenvalue weighted by atomic mass is 79.9. The molecule has 0 aliphatic carbocycles. The van der Waals surface area contributed by atoms with E-state index in [0.29, 0.717) is 40.3 Å². The number of rotatable bonds is 5. The van der Waals surface area contributed by atoms with Gasteiger partial charge in [0, 0.05) is 22.1 Å². The Morgan fingerprint density at radius 2 is 1.93 bits per heavy atom. The van der Waals surface area contributed by atoms with E-state index in [0.717, 1.165) is 0 Å². The number of aromatic nitrogens is 1. The molecular formula is C20H22BrF3N2O2. The molecule has 0 aliphatic rings. The van der Waals surface area contributed by atoms with Gasteiger partial charge < -0.3 is 10.1 Å². The second-order valence-electron chi connectivity index (χ2n) is 7.31. The number of ether oxygens (including phenoxy) is 1. The Bertz CT molecular complexity index is 889. The summed E-state index contributed by atoms with van der Waals surface area (Å²) in [5.74, 6) is 0. The average molecular weight is 459 g/mol. The van der Waals surface area contributed by atoms with Crippen LogP contribution in [0.2, 0.25) is 0 Å². The Balaban J connectivity index is 2.18. The van der Waals surface area contributed by atoms with Crippen LogP contribution in [0.15, 0.2) is 35.3 Å². The minimum Gasteiger partial charge on any atom is -0.444 e. The van der Waals surface area contributed by atoms with E-state index in [9.17, 15) is 18.0 Å². The number of fused-ring (bicyclic) bond motifs is 1. The number of benzene rings is 1. The molecule has 2 rings (SSSR count). The zero-order chi connectivity index (χ0) is 21.1. The molecule has 1 amide bonds. The van der Waals surface area contributed by atoms with Crippen LogP contribution in [-0.2, 0) is 11.2 Å². The standard InChI is InChI=1S/C20H22BrF3N2O2/c1-12(20(22,23)24)17-14-8-5-9-16(21)15(14)11-13(26-17)7-6-10-25-18(27)28-19(2,3)4/h5,8-9,11H,1,6-7,10H2,2-4H3,(H,25,27). The van der Waals surface area contributed by atoms with Crippen molar-refractivity contribution >= 4 is 38.4 Å². The maximum atomic E-state index is 13.2. The zero-order valence-electron chi connectivity index (χ0n) is 15.9. The molecule has 8 heteroatoms. The van der Waals surface area contributed by atoms with Crippen LogP contribution in [0.25, 0.3) is 16.3 Å². The number of carbonyl (C=O) groups excluding carboxylic acids is 1. The van der Waals surface area contributed by atoms with Crippen molar-refractivity contribution in [3.8, 4) is 0 Å². The number of carbonyl (C=O) groups is 1. The highest BCUT2D eigenvalue weighted by Gasteiger charge is 2.35. The third kappa shape index (κ3) is 5.95. The van der Waals surface area contributed by atoms with Gasteiger partial charge >= 0.3 is 12.3 Å². The summed E-state index contributed by atoms with van der Waals surface area (Å²) >= 11 is 3.38. The number of alkyl carbamates (subject to hydrolysis) is 1. The molecule has 0 radical (unpaired) electrons. The van der Waals surface area contributed by atoms with Gasteiger partial charge in [0.05, 0.1) is 11.3 Å². The van der Waals surface area contributed by atoms with Crippen molar-refractivity contribution in [3.63, 3.8) is 0 Å². The summed E-state index contributed by atoms with van der Waals surface area (Å²) in [6.45, 7) is 8.80. The molecule has 0 saturated carbocycles. The molecule has 0 atom stereocenters. The van der Waals surface area contributed by atoms with E-state index < -0.39 is 23.4 Å². The second-order valence-corrected chi connectivity index (χ2v) is 8.16. The summed E-state index contributed by atoms with van der Waals surface area (Å²) < 4.78 is 45.5. The number of amides is 1. The van der Waals surface area contributed by atoms with Gasteiger partial charge in [-0.1, -0.05) is 34.6 Å². The van der Waals surface area contributed by atoms with Gasteiger partial charge in [-0.05, 0) is 51.1 Å². The molecule has 0 aliphatic heterocycles. The van der Waals surface area contributed by atoms with Gasteiger partial charge in [0.15, 0.2) is 0 Å². The summed E-state index contributed by atoms with van der Waals surface area (Å²) in [5.41, 5.74) is -1.26. The fraction of sp³-hybridized carbons (Fsp3) is 0.400. The van der Waals surface area contributed by atoms with Crippen LogP contribution in [0.5, 0.6) is 0 Å². The van der Waals surface area contributed by atoms with Crippen LogP contribution in [0.4, 0.5) is 18.0 Å². The molecule has 0 fully saturated rings. The highest BCUT2D eigenvalue weighted by molar-refractivity contribution is 9.10. The Labute approximate surface area is 170 Å². The SMILES string of the molecule is C=C(c1nc(CCCNC(=O)OC(C)(C)C)cc2c(Br)cccc12)C(F)(F)F. The van der Waals surface area contributed by atoms with Gasteiger partial charge in [-0.15, -0.1) is 0 Å². The fourth-order valence-electron chi connectivity index (χ4n) is 2.56. The number of hydrogen-bond acceptors (Lipinski definition) is 3. The summed E-state index contributed by atoms with van der Waals surface area (Å²) in [5, 5.41) is 3.64. The molecule has 152 valence electrons. The van der Waals surface area contributed by atoms with Crippen molar-refractivity contribution in [2.75, 3.05) is 6.54 Å². The molecule has 0 spiro atoms. The van der Waals surface area contributed by atoms with Gasteiger partial charge in [0.2, 0.25) is 0 Å². The predicted molar refractivity (Wildman–Crippen MR) is 107 cm³/mol. The minimum absolute atomic E-state index is 0.179. The lowest BCUT2D eigenvalue weighted by Gasteiger charge is -2.19. The van der Waals surface area contributed by atoms with E-state index in [-0.39, 0.29) is 5.69 Å².